The number of nitrogens with two attached hydrogens (primary N) is 1. The Kier molecular flexibility index (Phi) is 2.13. The molecule has 2 rings (SSSR count). The minimum atomic E-state index is 0.728. The van der Waals surface area contributed by atoms with Crippen molar-refractivity contribution in [3.05, 3.63) is 0 Å². The number of fused-ring (bicyclic) bond motifs is 1. The van der Waals surface area contributed by atoms with Crippen LogP contribution in [0.4, 0.5) is 0 Å². The van der Waals surface area contributed by atoms with Gasteiger partial charge in [0.2, 0.25) is 0 Å². The molecule has 1 saturated carbocycles. The molecule has 0 aromatic heterocycles. The molecule has 1 aliphatic heterocycles. The Morgan fingerprint density at radius 1 is 1.25 bits per heavy atom. The normalized spacial score (nSPS) is 42.5. The van der Waals surface area contributed by atoms with Crippen molar-refractivity contribution in [2.24, 2.45) is 23.6 Å². The lowest BCUT2D eigenvalue weighted by Gasteiger charge is -2.51. The van der Waals surface area contributed by atoms with Crippen LogP contribution in [-0.2, 0) is 0 Å². The Hall–Kier alpha value is -0.0800. The van der Waals surface area contributed by atoms with Crippen LogP contribution < -0.4 is 5.84 Å². The van der Waals surface area contributed by atoms with Crippen molar-refractivity contribution in [3.63, 3.8) is 0 Å². The summed E-state index contributed by atoms with van der Waals surface area (Å²) in [5.74, 6) is 8.64. The molecule has 0 amide bonds. The van der Waals surface area contributed by atoms with Gasteiger partial charge in [0.1, 0.15) is 0 Å². The molecule has 70 valence electrons. The van der Waals surface area contributed by atoms with Gasteiger partial charge in [0, 0.05) is 12.6 Å². The first-order valence-electron chi connectivity index (χ1n) is 5.21. The predicted octanol–water partition coefficient (Wildman–Crippen LogP) is 1.62. The second-order valence-electron chi connectivity index (χ2n) is 4.74. The summed E-state index contributed by atoms with van der Waals surface area (Å²) in [5, 5.41) is 2.08. The zero-order chi connectivity index (χ0) is 8.72. The van der Waals surface area contributed by atoms with E-state index in [2.05, 4.69) is 18.9 Å². The molecule has 2 nitrogen and oxygen atoms in total. The third kappa shape index (κ3) is 1.17. The Morgan fingerprint density at radius 3 is 2.50 bits per heavy atom. The maximum Gasteiger partial charge on any atom is 0.0272 e. The van der Waals surface area contributed by atoms with Crippen LogP contribution in [0.3, 0.4) is 0 Å². The largest absolute Gasteiger partial charge is 0.269 e. The molecule has 0 aromatic carbocycles. The number of hydrazine groups is 1. The number of hydrogen-bond acceptors (Lipinski definition) is 2. The SMILES string of the molecule is CC(C)C1CCN(N)C2CC[C@@H]12. The molecule has 2 N–H and O–H groups in total. The summed E-state index contributed by atoms with van der Waals surface area (Å²) in [6, 6.07) is 0.728. The summed E-state index contributed by atoms with van der Waals surface area (Å²) in [6.45, 7) is 5.82. The predicted molar refractivity (Wildman–Crippen MR) is 50.4 cm³/mol. The zero-order valence-corrected chi connectivity index (χ0v) is 8.16. The quantitative estimate of drug-likeness (QED) is 0.603. The second-order valence-corrected chi connectivity index (χ2v) is 4.74. The van der Waals surface area contributed by atoms with E-state index in [0.29, 0.717) is 0 Å². The summed E-state index contributed by atoms with van der Waals surface area (Å²) in [4.78, 5) is 0. The van der Waals surface area contributed by atoms with E-state index < -0.39 is 0 Å². The van der Waals surface area contributed by atoms with Gasteiger partial charge in [-0.25, -0.2) is 5.01 Å². The second kappa shape index (κ2) is 3.00. The third-order valence-corrected chi connectivity index (χ3v) is 3.84. The molecule has 0 aromatic rings. The Labute approximate surface area is 75.1 Å². The molecule has 0 spiro atoms. The highest BCUT2D eigenvalue weighted by Gasteiger charge is 2.43. The lowest BCUT2D eigenvalue weighted by molar-refractivity contribution is -0.0365. The maximum atomic E-state index is 5.92. The summed E-state index contributed by atoms with van der Waals surface area (Å²) in [5.41, 5.74) is 0. The van der Waals surface area contributed by atoms with Gasteiger partial charge in [-0.05, 0) is 37.0 Å². The highest BCUT2D eigenvalue weighted by atomic mass is 15.4. The van der Waals surface area contributed by atoms with Gasteiger partial charge >= 0.3 is 0 Å². The van der Waals surface area contributed by atoms with Crippen LogP contribution in [0.2, 0.25) is 0 Å². The highest BCUT2D eigenvalue weighted by Crippen LogP contribution is 2.44. The lowest BCUT2D eigenvalue weighted by Crippen LogP contribution is -2.58. The first-order valence-corrected chi connectivity index (χ1v) is 5.21. The first kappa shape index (κ1) is 8.52. The molecule has 2 unspecified atom stereocenters. The van der Waals surface area contributed by atoms with Crippen LogP contribution in [0.25, 0.3) is 0 Å². The van der Waals surface area contributed by atoms with Crippen molar-refractivity contribution in [2.75, 3.05) is 6.54 Å². The highest BCUT2D eigenvalue weighted by molar-refractivity contribution is 4.95. The van der Waals surface area contributed by atoms with Crippen LogP contribution in [0.15, 0.2) is 0 Å². The van der Waals surface area contributed by atoms with Crippen LogP contribution >= 0.6 is 0 Å². The summed E-state index contributed by atoms with van der Waals surface area (Å²) in [7, 11) is 0. The van der Waals surface area contributed by atoms with Crippen molar-refractivity contribution in [1.29, 1.82) is 0 Å². The number of rotatable bonds is 1. The van der Waals surface area contributed by atoms with Gasteiger partial charge in [0.15, 0.2) is 0 Å². The average molecular weight is 168 g/mol. The van der Waals surface area contributed by atoms with Crippen LogP contribution in [0.1, 0.15) is 33.1 Å². The number of piperidine rings is 1. The molecule has 0 bridgehead atoms. The van der Waals surface area contributed by atoms with Crippen molar-refractivity contribution < 1.29 is 0 Å². The smallest absolute Gasteiger partial charge is 0.0272 e. The van der Waals surface area contributed by atoms with Gasteiger partial charge in [-0.1, -0.05) is 13.8 Å². The van der Waals surface area contributed by atoms with Crippen molar-refractivity contribution in [1.82, 2.24) is 5.01 Å². The number of hydrogen-bond donors (Lipinski definition) is 1. The Balaban J connectivity index is 2.01. The van der Waals surface area contributed by atoms with E-state index in [1.807, 2.05) is 0 Å². The molecule has 2 heteroatoms. The summed E-state index contributed by atoms with van der Waals surface area (Å²) in [6.07, 6.45) is 4.07. The zero-order valence-electron chi connectivity index (χ0n) is 8.16. The van der Waals surface area contributed by atoms with Crippen LogP contribution in [0.5, 0.6) is 0 Å². The topological polar surface area (TPSA) is 29.3 Å². The standard InChI is InChI=1S/C10H20N2/c1-7(2)8-5-6-12(11)10-4-3-9(8)10/h7-10H,3-6,11H2,1-2H3/t8?,9-,10?/m0/s1. The molecule has 1 heterocycles. The van der Waals surface area contributed by atoms with Crippen LogP contribution in [0, 0.1) is 17.8 Å². The van der Waals surface area contributed by atoms with Gasteiger partial charge in [-0.15, -0.1) is 0 Å². The van der Waals surface area contributed by atoms with E-state index in [4.69, 9.17) is 5.84 Å². The summed E-state index contributed by atoms with van der Waals surface area (Å²) < 4.78 is 0. The van der Waals surface area contributed by atoms with E-state index in [-0.39, 0.29) is 0 Å². The van der Waals surface area contributed by atoms with Gasteiger partial charge in [-0.3, -0.25) is 5.84 Å². The summed E-state index contributed by atoms with van der Waals surface area (Å²) >= 11 is 0. The maximum absolute atomic E-state index is 5.92. The van der Waals surface area contributed by atoms with E-state index in [1.165, 1.54) is 19.3 Å². The van der Waals surface area contributed by atoms with Gasteiger partial charge < -0.3 is 0 Å². The van der Waals surface area contributed by atoms with Crippen molar-refractivity contribution in [2.45, 2.75) is 39.2 Å². The molecule has 2 aliphatic rings. The van der Waals surface area contributed by atoms with Gasteiger partial charge in [0.05, 0.1) is 0 Å². The lowest BCUT2D eigenvalue weighted by atomic mass is 9.64. The minimum Gasteiger partial charge on any atom is -0.269 e. The van der Waals surface area contributed by atoms with E-state index in [0.717, 1.165) is 30.3 Å². The fourth-order valence-corrected chi connectivity index (χ4v) is 2.93. The van der Waals surface area contributed by atoms with Gasteiger partial charge in [0.25, 0.3) is 0 Å². The van der Waals surface area contributed by atoms with Crippen LogP contribution in [-0.4, -0.2) is 17.6 Å². The van der Waals surface area contributed by atoms with E-state index in [1.54, 1.807) is 0 Å². The Morgan fingerprint density at radius 2 is 2.00 bits per heavy atom. The third-order valence-electron chi connectivity index (χ3n) is 3.84. The minimum absolute atomic E-state index is 0.728. The molecular formula is C10H20N2. The fraction of sp³-hybridized carbons (Fsp3) is 1.00. The molecule has 12 heavy (non-hydrogen) atoms. The van der Waals surface area contributed by atoms with E-state index in [9.17, 15) is 0 Å². The fourth-order valence-electron chi connectivity index (χ4n) is 2.93. The molecule has 3 atom stereocenters. The molecule has 1 saturated heterocycles. The molecule has 0 radical (unpaired) electrons. The van der Waals surface area contributed by atoms with Crippen molar-refractivity contribution >= 4 is 0 Å². The Bertz CT molecular complexity index is 167. The molecular weight excluding hydrogens is 148 g/mol. The monoisotopic (exact) mass is 168 g/mol. The molecule has 2 fully saturated rings. The van der Waals surface area contributed by atoms with Crippen molar-refractivity contribution in [3.8, 4) is 0 Å². The first-order chi connectivity index (χ1) is 5.70. The van der Waals surface area contributed by atoms with E-state index >= 15 is 0 Å². The average Bonchev–Trinajstić information content (AvgIpc) is 1.92. The molecule has 1 aliphatic carbocycles. The van der Waals surface area contributed by atoms with Gasteiger partial charge in [-0.2, -0.15) is 0 Å². The number of nitrogens with zero attached hydrogens (tertiary/aromatic N) is 1.